The first-order valence-electron chi connectivity index (χ1n) is 4.44. The summed E-state index contributed by atoms with van der Waals surface area (Å²) in [4.78, 5) is -0.344. The SMILES string of the molecule is COCCOc1ccc(N)cc1S(=O)(=O)O. The summed E-state index contributed by atoms with van der Waals surface area (Å²) in [7, 11) is -2.84. The molecule has 16 heavy (non-hydrogen) atoms. The van der Waals surface area contributed by atoms with Gasteiger partial charge in [0.25, 0.3) is 10.1 Å². The van der Waals surface area contributed by atoms with Gasteiger partial charge >= 0.3 is 0 Å². The number of methoxy groups -OCH3 is 1. The molecule has 0 spiro atoms. The van der Waals surface area contributed by atoms with E-state index in [4.69, 9.17) is 19.8 Å². The predicted octanol–water partition coefficient (Wildman–Crippen LogP) is 0.541. The molecule has 90 valence electrons. The van der Waals surface area contributed by atoms with E-state index in [1.807, 2.05) is 0 Å². The first-order valence-corrected chi connectivity index (χ1v) is 5.88. The Kier molecular flexibility index (Phi) is 4.11. The van der Waals surface area contributed by atoms with Crippen molar-refractivity contribution in [2.75, 3.05) is 26.1 Å². The van der Waals surface area contributed by atoms with Gasteiger partial charge in [-0.25, -0.2) is 0 Å². The van der Waals surface area contributed by atoms with E-state index in [0.717, 1.165) is 6.07 Å². The van der Waals surface area contributed by atoms with E-state index >= 15 is 0 Å². The molecule has 1 rings (SSSR count). The Balaban J connectivity index is 2.99. The number of hydrogen-bond donors (Lipinski definition) is 2. The standard InChI is InChI=1S/C9H13NO5S/c1-14-4-5-15-8-3-2-7(10)6-9(8)16(11,12)13/h2-3,6H,4-5,10H2,1H3,(H,11,12,13). The maximum Gasteiger partial charge on any atom is 0.298 e. The van der Waals surface area contributed by atoms with Crippen LogP contribution in [0.5, 0.6) is 5.75 Å². The number of nitrogens with two attached hydrogens (primary N) is 1. The molecule has 0 aliphatic rings. The van der Waals surface area contributed by atoms with Crippen LogP contribution in [0, 0.1) is 0 Å². The molecule has 0 aliphatic heterocycles. The zero-order chi connectivity index (χ0) is 12.2. The van der Waals surface area contributed by atoms with Gasteiger partial charge in [-0.15, -0.1) is 0 Å². The quantitative estimate of drug-likeness (QED) is 0.447. The molecule has 0 radical (unpaired) electrons. The lowest BCUT2D eigenvalue weighted by atomic mass is 10.3. The fourth-order valence-electron chi connectivity index (χ4n) is 1.08. The Morgan fingerprint density at radius 1 is 1.38 bits per heavy atom. The second-order valence-corrected chi connectivity index (χ2v) is 4.41. The van der Waals surface area contributed by atoms with Crippen molar-refractivity contribution in [1.82, 2.24) is 0 Å². The van der Waals surface area contributed by atoms with E-state index in [2.05, 4.69) is 0 Å². The Labute approximate surface area is 93.7 Å². The zero-order valence-corrected chi connectivity index (χ0v) is 9.53. The lowest BCUT2D eigenvalue weighted by Crippen LogP contribution is -2.08. The van der Waals surface area contributed by atoms with E-state index in [-0.39, 0.29) is 22.9 Å². The average Bonchev–Trinajstić information content (AvgIpc) is 2.19. The van der Waals surface area contributed by atoms with Gasteiger partial charge in [-0.1, -0.05) is 0 Å². The van der Waals surface area contributed by atoms with Crippen LogP contribution in [0.15, 0.2) is 23.1 Å². The molecule has 0 bridgehead atoms. The molecule has 0 fully saturated rings. The molecule has 0 heterocycles. The minimum Gasteiger partial charge on any atom is -0.490 e. The zero-order valence-electron chi connectivity index (χ0n) is 8.71. The van der Waals surface area contributed by atoms with Gasteiger partial charge in [0.15, 0.2) is 0 Å². The summed E-state index contributed by atoms with van der Waals surface area (Å²) in [5, 5.41) is 0. The molecule has 0 saturated heterocycles. The minimum absolute atomic E-state index is 0.0498. The second kappa shape index (κ2) is 5.15. The molecule has 1 aromatic carbocycles. The molecule has 0 aromatic heterocycles. The summed E-state index contributed by atoms with van der Waals surface area (Å²) in [5.74, 6) is 0.0498. The van der Waals surface area contributed by atoms with Gasteiger partial charge in [-0.2, -0.15) is 8.42 Å². The number of benzene rings is 1. The highest BCUT2D eigenvalue weighted by Crippen LogP contribution is 2.25. The monoisotopic (exact) mass is 247 g/mol. The topological polar surface area (TPSA) is 98.9 Å². The summed E-state index contributed by atoms with van der Waals surface area (Å²) in [6, 6.07) is 4.00. The number of anilines is 1. The van der Waals surface area contributed by atoms with Gasteiger partial charge in [-0.3, -0.25) is 4.55 Å². The van der Waals surface area contributed by atoms with Gasteiger partial charge in [0.2, 0.25) is 0 Å². The van der Waals surface area contributed by atoms with Gasteiger partial charge in [-0.05, 0) is 18.2 Å². The fourth-order valence-corrected chi connectivity index (χ4v) is 1.75. The number of nitrogen functional groups attached to an aromatic ring is 1. The van der Waals surface area contributed by atoms with Crippen LogP contribution in [0.1, 0.15) is 0 Å². The Morgan fingerprint density at radius 2 is 2.06 bits per heavy atom. The third-order valence-corrected chi connectivity index (χ3v) is 2.67. The summed E-state index contributed by atoms with van der Waals surface area (Å²) < 4.78 is 40.9. The maximum absolute atomic E-state index is 11.0. The molecule has 6 nitrogen and oxygen atoms in total. The van der Waals surface area contributed by atoms with Crippen LogP contribution in [0.4, 0.5) is 5.69 Å². The third-order valence-electron chi connectivity index (χ3n) is 1.79. The first-order chi connectivity index (χ1) is 7.45. The molecule has 0 saturated carbocycles. The molecule has 7 heteroatoms. The summed E-state index contributed by atoms with van der Waals surface area (Å²) in [6.07, 6.45) is 0. The Hall–Kier alpha value is -1.31. The van der Waals surface area contributed by atoms with Gasteiger partial charge in [0, 0.05) is 12.8 Å². The number of rotatable bonds is 5. The predicted molar refractivity (Wildman–Crippen MR) is 58.0 cm³/mol. The van der Waals surface area contributed by atoms with Crippen molar-refractivity contribution in [3.63, 3.8) is 0 Å². The van der Waals surface area contributed by atoms with Crippen LogP contribution >= 0.6 is 0 Å². The Bertz CT molecular complexity index is 457. The maximum atomic E-state index is 11.0. The van der Waals surface area contributed by atoms with Crippen molar-refractivity contribution in [2.45, 2.75) is 4.90 Å². The molecule has 3 N–H and O–H groups in total. The second-order valence-electron chi connectivity index (χ2n) is 3.02. The van der Waals surface area contributed by atoms with Crippen LogP contribution in [0.25, 0.3) is 0 Å². The van der Waals surface area contributed by atoms with E-state index in [1.54, 1.807) is 0 Å². The van der Waals surface area contributed by atoms with Gasteiger partial charge < -0.3 is 15.2 Å². The van der Waals surface area contributed by atoms with Crippen molar-refractivity contribution in [3.05, 3.63) is 18.2 Å². The highest BCUT2D eigenvalue weighted by atomic mass is 32.2. The van der Waals surface area contributed by atoms with E-state index in [1.165, 1.54) is 19.2 Å². The van der Waals surface area contributed by atoms with Crippen molar-refractivity contribution in [1.29, 1.82) is 0 Å². The fraction of sp³-hybridized carbons (Fsp3) is 0.333. The third kappa shape index (κ3) is 3.37. The smallest absolute Gasteiger partial charge is 0.298 e. The van der Waals surface area contributed by atoms with Gasteiger partial charge in [0.05, 0.1) is 6.61 Å². The molecule has 1 aromatic rings. The van der Waals surface area contributed by atoms with Crippen LogP contribution in [-0.2, 0) is 14.9 Å². The largest absolute Gasteiger partial charge is 0.490 e. The first kappa shape index (κ1) is 12.8. The van der Waals surface area contributed by atoms with Crippen LogP contribution < -0.4 is 10.5 Å². The average molecular weight is 247 g/mol. The summed E-state index contributed by atoms with van der Waals surface area (Å²) >= 11 is 0. The van der Waals surface area contributed by atoms with Crippen LogP contribution in [0.3, 0.4) is 0 Å². The van der Waals surface area contributed by atoms with Crippen molar-refractivity contribution >= 4 is 15.8 Å². The lowest BCUT2D eigenvalue weighted by molar-refractivity contribution is 0.144. The van der Waals surface area contributed by atoms with Gasteiger partial charge in [0.1, 0.15) is 17.3 Å². The molecular weight excluding hydrogens is 234 g/mol. The highest BCUT2D eigenvalue weighted by molar-refractivity contribution is 7.86. The number of hydrogen-bond acceptors (Lipinski definition) is 5. The highest BCUT2D eigenvalue weighted by Gasteiger charge is 2.16. The van der Waals surface area contributed by atoms with E-state index in [0.29, 0.717) is 6.61 Å². The number of ether oxygens (including phenoxy) is 2. The summed E-state index contributed by atoms with van der Waals surface area (Å²) in [5.41, 5.74) is 5.65. The van der Waals surface area contributed by atoms with Crippen molar-refractivity contribution < 1.29 is 22.4 Å². The molecule has 0 amide bonds. The molecule has 0 unspecified atom stereocenters. The molecule has 0 atom stereocenters. The van der Waals surface area contributed by atoms with Crippen LogP contribution in [-0.4, -0.2) is 33.3 Å². The minimum atomic E-state index is -4.34. The van der Waals surface area contributed by atoms with Crippen molar-refractivity contribution in [2.24, 2.45) is 0 Å². The van der Waals surface area contributed by atoms with E-state index in [9.17, 15) is 8.42 Å². The van der Waals surface area contributed by atoms with Crippen molar-refractivity contribution in [3.8, 4) is 5.75 Å². The molecular formula is C9H13NO5S. The normalized spacial score (nSPS) is 11.4. The Morgan fingerprint density at radius 3 is 2.62 bits per heavy atom. The summed E-state index contributed by atoms with van der Waals surface area (Å²) in [6.45, 7) is 0.498. The van der Waals surface area contributed by atoms with E-state index < -0.39 is 10.1 Å². The van der Waals surface area contributed by atoms with Crippen LogP contribution in [0.2, 0.25) is 0 Å². The molecule has 0 aliphatic carbocycles. The lowest BCUT2D eigenvalue weighted by Gasteiger charge is -2.09.